The van der Waals surface area contributed by atoms with Crippen LogP contribution < -0.4 is 10.1 Å². The summed E-state index contributed by atoms with van der Waals surface area (Å²) in [7, 11) is 0. The van der Waals surface area contributed by atoms with E-state index in [4.69, 9.17) is 4.74 Å². The summed E-state index contributed by atoms with van der Waals surface area (Å²) in [4.78, 5) is 29.9. The van der Waals surface area contributed by atoms with Gasteiger partial charge in [0.05, 0.1) is 30.2 Å². The average Bonchev–Trinajstić information content (AvgIpc) is 3.02. The smallest absolute Gasteiger partial charge is 0.310 e. The van der Waals surface area contributed by atoms with Gasteiger partial charge < -0.3 is 15.0 Å². The Bertz CT molecular complexity index is 807. The fourth-order valence-corrected chi connectivity index (χ4v) is 3.52. The number of carbonyl (C=O) groups excluding carboxylic acids is 1. The topological polar surface area (TPSA) is 97.6 Å². The highest BCUT2D eigenvalue weighted by atomic mass is 16.6. The molecule has 1 aliphatic heterocycles. The summed E-state index contributed by atoms with van der Waals surface area (Å²) in [6, 6.07) is 12.0. The maximum absolute atomic E-state index is 13.0. The number of ether oxygens (including phenoxy) is 1. The summed E-state index contributed by atoms with van der Waals surface area (Å²) in [5, 5.41) is 14.5. The first-order chi connectivity index (χ1) is 14.1. The molecule has 0 spiro atoms. The number of benzene rings is 1. The average molecular weight is 398 g/mol. The van der Waals surface area contributed by atoms with Gasteiger partial charge in [0.1, 0.15) is 0 Å². The molecule has 2 heterocycles. The largest absolute Gasteiger partial charge is 0.486 e. The number of aromatic nitrogens is 1. The van der Waals surface area contributed by atoms with Gasteiger partial charge in [0.2, 0.25) is 5.91 Å². The highest BCUT2D eigenvalue weighted by Gasteiger charge is 2.25. The Morgan fingerprint density at radius 2 is 2.03 bits per heavy atom. The summed E-state index contributed by atoms with van der Waals surface area (Å²) >= 11 is 0. The van der Waals surface area contributed by atoms with Crippen LogP contribution in [-0.4, -0.2) is 46.5 Å². The first-order valence-corrected chi connectivity index (χ1v) is 9.91. The third-order valence-corrected chi connectivity index (χ3v) is 5.00. The fourth-order valence-electron chi connectivity index (χ4n) is 3.52. The van der Waals surface area contributed by atoms with E-state index < -0.39 is 4.92 Å². The van der Waals surface area contributed by atoms with Crippen LogP contribution in [0.4, 0.5) is 5.69 Å². The zero-order chi connectivity index (χ0) is 20.5. The van der Waals surface area contributed by atoms with Crippen molar-refractivity contribution in [2.45, 2.75) is 38.3 Å². The number of pyridine rings is 1. The molecule has 1 aromatic heterocycles. The van der Waals surface area contributed by atoms with Crippen LogP contribution in [0.2, 0.25) is 0 Å². The standard InChI is InChI=1S/C21H26N4O4/c26-21(11-15-29-20-9-2-1-8-19(20)25(27)28)24(16-17-6-3-4-13-23-17)18-7-5-12-22-14-10-18/h1-4,6,8-9,13,18,22H,5,7,10-12,14-16H2. The molecule has 1 saturated heterocycles. The van der Waals surface area contributed by atoms with Gasteiger partial charge in [-0.1, -0.05) is 18.2 Å². The third kappa shape index (κ3) is 5.99. The van der Waals surface area contributed by atoms with E-state index in [1.54, 1.807) is 24.4 Å². The number of nitro benzene ring substituents is 1. The minimum atomic E-state index is -0.483. The summed E-state index contributed by atoms with van der Waals surface area (Å²) in [5.74, 6) is 0.154. The molecular formula is C21H26N4O4. The van der Waals surface area contributed by atoms with Gasteiger partial charge in [-0.25, -0.2) is 0 Å². The normalized spacial score (nSPS) is 16.6. The van der Waals surface area contributed by atoms with Crippen LogP contribution in [-0.2, 0) is 11.3 Å². The predicted octanol–water partition coefficient (Wildman–Crippen LogP) is 2.93. The molecule has 0 radical (unpaired) electrons. The Labute approximate surface area is 170 Å². The second kappa shape index (κ2) is 10.5. The molecule has 1 aliphatic rings. The van der Waals surface area contributed by atoms with Gasteiger partial charge in [0, 0.05) is 18.3 Å². The summed E-state index contributed by atoms with van der Waals surface area (Å²) in [6.07, 6.45) is 4.73. The fraction of sp³-hybridized carbons (Fsp3) is 0.429. The molecule has 0 aliphatic carbocycles. The third-order valence-electron chi connectivity index (χ3n) is 5.00. The molecule has 1 N–H and O–H groups in total. The SMILES string of the molecule is O=C(CCOc1ccccc1[N+](=O)[O-])N(Cc1ccccn1)C1CCCNCC1. The van der Waals surface area contributed by atoms with Gasteiger partial charge in [-0.2, -0.15) is 0 Å². The van der Waals surface area contributed by atoms with Crippen molar-refractivity contribution in [3.8, 4) is 5.75 Å². The lowest BCUT2D eigenvalue weighted by Crippen LogP contribution is -2.41. The Hall–Kier alpha value is -3.00. The second-order valence-electron chi connectivity index (χ2n) is 7.00. The summed E-state index contributed by atoms with van der Waals surface area (Å²) < 4.78 is 5.56. The van der Waals surface area contributed by atoms with Gasteiger partial charge in [-0.15, -0.1) is 0 Å². The molecule has 8 nitrogen and oxygen atoms in total. The van der Waals surface area contributed by atoms with Crippen LogP contribution in [0.15, 0.2) is 48.7 Å². The van der Waals surface area contributed by atoms with E-state index in [1.165, 1.54) is 6.07 Å². The van der Waals surface area contributed by atoms with Crippen molar-refractivity contribution in [3.05, 3.63) is 64.5 Å². The number of nitro groups is 1. The number of para-hydroxylation sites is 2. The lowest BCUT2D eigenvalue weighted by Gasteiger charge is -2.31. The van der Waals surface area contributed by atoms with Crippen molar-refractivity contribution in [2.24, 2.45) is 0 Å². The molecule has 1 atom stereocenters. The monoisotopic (exact) mass is 398 g/mol. The molecule has 0 bridgehead atoms. The highest BCUT2D eigenvalue weighted by molar-refractivity contribution is 5.76. The lowest BCUT2D eigenvalue weighted by molar-refractivity contribution is -0.385. The number of nitrogens with zero attached hydrogens (tertiary/aromatic N) is 3. The molecule has 154 valence electrons. The van der Waals surface area contributed by atoms with Gasteiger partial charge in [-0.05, 0) is 50.6 Å². The van der Waals surface area contributed by atoms with Crippen LogP contribution in [0.25, 0.3) is 0 Å². The van der Waals surface area contributed by atoms with Crippen LogP contribution in [0.3, 0.4) is 0 Å². The molecule has 0 saturated carbocycles. The number of carbonyl (C=O) groups is 1. The summed E-state index contributed by atoms with van der Waals surface area (Å²) in [5.41, 5.74) is 0.748. The van der Waals surface area contributed by atoms with Gasteiger partial charge in [-0.3, -0.25) is 19.9 Å². The molecule has 29 heavy (non-hydrogen) atoms. The number of nitrogens with one attached hydrogen (secondary N) is 1. The van der Waals surface area contributed by atoms with Crippen molar-refractivity contribution in [3.63, 3.8) is 0 Å². The van der Waals surface area contributed by atoms with E-state index in [-0.39, 0.29) is 36.4 Å². The van der Waals surface area contributed by atoms with Crippen molar-refractivity contribution in [1.82, 2.24) is 15.2 Å². The minimum Gasteiger partial charge on any atom is -0.486 e. The van der Waals surface area contributed by atoms with Crippen molar-refractivity contribution in [2.75, 3.05) is 19.7 Å². The first-order valence-electron chi connectivity index (χ1n) is 9.91. The molecular weight excluding hydrogens is 372 g/mol. The molecule has 1 fully saturated rings. The van der Waals surface area contributed by atoms with Gasteiger partial charge in [0.15, 0.2) is 5.75 Å². The molecule has 1 unspecified atom stereocenters. The Morgan fingerprint density at radius 1 is 1.21 bits per heavy atom. The van der Waals surface area contributed by atoms with E-state index in [0.717, 1.165) is 38.0 Å². The van der Waals surface area contributed by atoms with Crippen LogP contribution in [0.5, 0.6) is 5.75 Å². The maximum Gasteiger partial charge on any atom is 0.310 e. The lowest BCUT2D eigenvalue weighted by atomic mass is 10.1. The molecule has 3 rings (SSSR count). The number of amides is 1. The number of rotatable bonds is 8. The minimum absolute atomic E-state index is 0.0267. The Kier molecular flexibility index (Phi) is 7.52. The summed E-state index contributed by atoms with van der Waals surface area (Å²) in [6.45, 7) is 2.38. The molecule has 1 aromatic carbocycles. The Balaban J connectivity index is 1.65. The molecule has 8 heteroatoms. The van der Waals surface area contributed by atoms with Crippen LogP contribution in [0.1, 0.15) is 31.4 Å². The molecule has 2 aromatic rings. The second-order valence-corrected chi connectivity index (χ2v) is 7.00. The zero-order valence-electron chi connectivity index (χ0n) is 16.3. The maximum atomic E-state index is 13.0. The zero-order valence-corrected chi connectivity index (χ0v) is 16.3. The number of hydrogen-bond donors (Lipinski definition) is 1. The van der Waals surface area contributed by atoms with Gasteiger partial charge in [0.25, 0.3) is 0 Å². The van der Waals surface area contributed by atoms with Crippen LogP contribution in [0, 0.1) is 10.1 Å². The predicted molar refractivity (Wildman–Crippen MR) is 109 cm³/mol. The van der Waals surface area contributed by atoms with E-state index in [9.17, 15) is 14.9 Å². The van der Waals surface area contributed by atoms with E-state index in [0.29, 0.717) is 6.54 Å². The number of hydrogen-bond acceptors (Lipinski definition) is 6. The first kappa shape index (κ1) is 20.7. The van der Waals surface area contributed by atoms with E-state index in [2.05, 4.69) is 10.3 Å². The van der Waals surface area contributed by atoms with Crippen LogP contribution >= 0.6 is 0 Å². The molecule has 1 amide bonds. The quantitative estimate of drug-likeness (QED) is 0.542. The van der Waals surface area contributed by atoms with Gasteiger partial charge >= 0.3 is 5.69 Å². The van der Waals surface area contributed by atoms with Crippen molar-refractivity contribution >= 4 is 11.6 Å². The van der Waals surface area contributed by atoms with Crippen molar-refractivity contribution < 1.29 is 14.5 Å². The van der Waals surface area contributed by atoms with Crippen molar-refractivity contribution in [1.29, 1.82) is 0 Å². The Morgan fingerprint density at radius 3 is 2.83 bits per heavy atom. The van der Waals surface area contributed by atoms with E-state index in [1.807, 2.05) is 23.1 Å². The highest BCUT2D eigenvalue weighted by Crippen LogP contribution is 2.26. The van der Waals surface area contributed by atoms with E-state index >= 15 is 0 Å².